The van der Waals surface area contributed by atoms with Crippen molar-refractivity contribution in [3.05, 3.63) is 42.2 Å². The van der Waals surface area contributed by atoms with E-state index in [2.05, 4.69) is 15.3 Å². The minimum Gasteiger partial charge on any atom is -0.383 e. The molecular formula is C13H11F2N5. The summed E-state index contributed by atoms with van der Waals surface area (Å²) < 4.78 is 28.3. The highest BCUT2D eigenvalue weighted by Gasteiger charge is 2.19. The predicted octanol–water partition coefficient (Wildman–Crippen LogP) is 2.34. The Morgan fingerprint density at radius 2 is 1.85 bits per heavy atom. The molecule has 0 aliphatic carbocycles. The number of nitrogens with one attached hydrogen (secondary N) is 1. The number of rotatable bonds is 2. The average Bonchev–Trinajstić information content (AvgIpc) is 2.97. The van der Waals surface area contributed by atoms with Crippen molar-refractivity contribution >= 4 is 5.82 Å². The molecule has 0 aliphatic rings. The smallest absolute Gasteiger partial charge is 0.129 e. The molecule has 3 aromatic rings. The Balaban J connectivity index is 2.27. The lowest BCUT2D eigenvalue weighted by Gasteiger charge is -2.04. The second kappa shape index (κ2) is 4.44. The minimum absolute atomic E-state index is 0.325. The van der Waals surface area contributed by atoms with Crippen LogP contribution in [0.1, 0.15) is 0 Å². The molecule has 0 amide bonds. The summed E-state index contributed by atoms with van der Waals surface area (Å²) >= 11 is 0. The summed E-state index contributed by atoms with van der Waals surface area (Å²) in [5.41, 5.74) is 7.99. The highest BCUT2D eigenvalue weighted by molar-refractivity contribution is 5.87. The van der Waals surface area contributed by atoms with Crippen LogP contribution in [0.5, 0.6) is 0 Å². The van der Waals surface area contributed by atoms with Gasteiger partial charge in [-0.3, -0.25) is 9.78 Å². The van der Waals surface area contributed by atoms with Crippen molar-refractivity contribution < 1.29 is 8.78 Å². The van der Waals surface area contributed by atoms with Crippen LogP contribution in [0, 0.1) is 11.6 Å². The van der Waals surface area contributed by atoms with Crippen LogP contribution >= 0.6 is 0 Å². The van der Waals surface area contributed by atoms with Gasteiger partial charge in [-0.25, -0.2) is 8.78 Å². The molecule has 2 heterocycles. The summed E-state index contributed by atoms with van der Waals surface area (Å²) in [4.78, 5) is 0. The van der Waals surface area contributed by atoms with Crippen molar-refractivity contribution in [2.24, 2.45) is 7.05 Å². The number of anilines is 1. The van der Waals surface area contributed by atoms with E-state index in [4.69, 9.17) is 5.73 Å². The SMILES string of the molecule is Cn1nc(-c2cn[nH]c2)c(-c2cc(F)cc(F)c2)c1N. The van der Waals surface area contributed by atoms with Crippen molar-refractivity contribution in [2.45, 2.75) is 0 Å². The van der Waals surface area contributed by atoms with Gasteiger partial charge in [-0.15, -0.1) is 0 Å². The summed E-state index contributed by atoms with van der Waals surface area (Å²) in [6, 6.07) is 3.26. The van der Waals surface area contributed by atoms with E-state index in [0.29, 0.717) is 28.2 Å². The molecule has 7 heteroatoms. The maximum absolute atomic E-state index is 13.4. The number of hydrogen-bond donors (Lipinski definition) is 2. The Labute approximate surface area is 113 Å². The van der Waals surface area contributed by atoms with E-state index in [-0.39, 0.29) is 0 Å². The van der Waals surface area contributed by atoms with Gasteiger partial charge < -0.3 is 5.73 Å². The molecule has 20 heavy (non-hydrogen) atoms. The number of hydrogen-bond acceptors (Lipinski definition) is 3. The molecular weight excluding hydrogens is 264 g/mol. The van der Waals surface area contributed by atoms with Crippen molar-refractivity contribution in [1.82, 2.24) is 20.0 Å². The number of nitrogens with two attached hydrogens (primary N) is 1. The lowest BCUT2D eigenvalue weighted by atomic mass is 10.0. The van der Waals surface area contributed by atoms with E-state index in [1.54, 1.807) is 19.4 Å². The molecule has 0 aliphatic heterocycles. The fourth-order valence-corrected chi connectivity index (χ4v) is 2.10. The Morgan fingerprint density at radius 3 is 2.45 bits per heavy atom. The maximum atomic E-state index is 13.4. The molecule has 0 atom stereocenters. The molecule has 0 saturated heterocycles. The topological polar surface area (TPSA) is 72.5 Å². The first-order chi connectivity index (χ1) is 9.56. The number of aryl methyl sites for hydroxylation is 1. The number of H-pyrrole nitrogens is 1. The number of nitrogens with zero attached hydrogens (tertiary/aromatic N) is 3. The molecule has 102 valence electrons. The second-order valence-corrected chi connectivity index (χ2v) is 4.38. The third kappa shape index (κ3) is 1.93. The van der Waals surface area contributed by atoms with Gasteiger partial charge in [0.25, 0.3) is 0 Å². The zero-order chi connectivity index (χ0) is 14.3. The van der Waals surface area contributed by atoms with Gasteiger partial charge in [0.15, 0.2) is 0 Å². The van der Waals surface area contributed by atoms with Crippen molar-refractivity contribution in [3.63, 3.8) is 0 Å². The number of aromatic amines is 1. The van der Waals surface area contributed by atoms with Gasteiger partial charge in [-0.2, -0.15) is 10.2 Å². The predicted molar refractivity (Wildman–Crippen MR) is 70.6 cm³/mol. The van der Waals surface area contributed by atoms with Crippen LogP contribution in [0.15, 0.2) is 30.6 Å². The number of benzene rings is 1. The third-order valence-corrected chi connectivity index (χ3v) is 3.01. The van der Waals surface area contributed by atoms with Crippen LogP contribution in [0.25, 0.3) is 22.4 Å². The van der Waals surface area contributed by atoms with Gasteiger partial charge in [-0.1, -0.05) is 0 Å². The van der Waals surface area contributed by atoms with Crippen LogP contribution in [-0.4, -0.2) is 20.0 Å². The fourth-order valence-electron chi connectivity index (χ4n) is 2.10. The normalized spacial score (nSPS) is 10.9. The first kappa shape index (κ1) is 12.3. The summed E-state index contributed by atoms with van der Waals surface area (Å²) in [6.45, 7) is 0. The van der Waals surface area contributed by atoms with Crippen molar-refractivity contribution in [2.75, 3.05) is 5.73 Å². The molecule has 0 spiro atoms. The van der Waals surface area contributed by atoms with Crippen LogP contribution in [0.3, 0.4) is 0 Å². The fraction of sp³-hybridized carbons (Fsp3) is 0.0769. The second-order valence-electron chi connectivity index (χ2n) is 4.38. The average molecular weight is 275 g/mol. The third-order valence-electron chi connectivity index (χ3n) is 3.01. The quantitative estimate of drug-likeness (QED) is 0.754. The first-order valence-electron chi connectivity index (χ1n) is 5.84. The largest absolute Gasteiger partial charge is 0.383 e. The van der Waals surface area contributed by atoms with Crippen molar-refractivity contribution in [1.29, 1.82) is 0 Å². The summed E-state index contributed by atoms with van der Waals surface area (Å²) in [5.74, 6) is -1.01. The van der Waals surface area contributed by atoms with Crippen molar-refractivity contribution in [3.8, 4) is 22.4 Å². The molecule has 0 radical (unpaired) electrons. The van der Waals surface area contributed by atoms with Gasteiger partial charge in [0, 0.05) is 24.9 Å². The molecule has 3 N–H and O–H groups in total. The van der Waals surface area contributed by atoms with Crippen LogP contribution in [0.4, 0.5) is 14.6 Å². The van der Waals surface area contributed by atoms with Crippen LogP contribution < -0.4 is 5.73 Å². The zero-order valence-electron chi connectivity index (χ0n) is 10.6. The highest BCUT2D eigenvalue weighted by Crippen LogP contribution is 2.36. The van der Waals surface area contributed by atoms with Crippen LogP contribution in [0.2, 0.25) is 0 Å². The molecule has 0 unspecified atom stereocenters. The Hall–Kier alpha value is -2.70. The Bertz CT molecular complexity index is 741. The molecule has 0 fully saturated rings. The van der Waals surface area contributed by atoms with Crippen LogP contribution in [-0.2, 0) is 7.05 Å². The van der Waals surface area contributed by atoms with E-state index in [0.717, 1.165) is 6.07 Å². The molecule has 0 bridgehead atoms. The molecule has 2 aromatic heterocycles. The van der Waals surface area contributed by atoms with E-state index in [9.17, 15) is 8.78 Å². The molecule has 1 aromatic carbocycles. The maximum Gasteiger partial charge on any atom is 0.129 e. The lowest BCUT2D eigenvalue weighted by Crippen LogP contribution is -1.98. The molecule has 5 nitrogen and oxygen atoms in total. The molecule has 3 rings (SSSR count). The van der Waals surface area contributed by atoms with E-state index >= 15 is 0 Å². The van der Waals surface area contributed by atoms with E-state index in [1.165, 1.54) is 16.8 Å². The van der Waals surface area contributed by atoms with Gasteiger partial charge >= 0.3 is 0 Å². The van der Waals surface area contributed by atoms with Gasteiger partial charge in [0.2, 0.25) is 0 Å². The Kier molecular flexibility index (Phi) is 2.74. The summed E-state index contributed by atoms with van der Waals surface area (Å²) in [6.07, 6.45) is 3.21. The minimum atomic E-state index is -0.665. The standard InChI is InChI=1S/C13H11F2N5/c1-20-13(16)11(7-2-9(14)4-10(15)3-7)12(19-20)8-5-17-18-6-8/h2-6H,16H2,1H3,(H,17,18). The monoisotopic (exact) mass is 275 g/mol. The molecule has 0 saturated carbocycles. The summed E-state index contributed by atoms with van der Waals surface area (Å²) in [5, 5.41) is 10.8. The number of aromatic nitrogens is 4. The Morgan fingerprint density at radius 1 is 1.15 bits per heavy atom. The van der Waals surface area contributed by atoms with Gasteiger partial charge in [-0.05, 0) is 17.7 Å². The van der Waals surface area contributed by atoms with Gasteiger partial charge in [0.05, 0.1) is 11.8 Å². The highest BCUT2D eigenvalue weighted by atomic mass is 19.1. The first-order valence-corrected chi connectivity index (χ1v) is 5.84. The number of halogens is 2. The van der Waals surface area contributed by atoms with Gasteiger partial charge in [0.1, 0.15) is 23.1 Å². The van der Waals surface area contributed by atoms with E-state index < -0.39 is 11.6 Å². The lowest BCUT2D eigenvalue weighted by molar-refractivity contribution is 0.584. The van der Waals surface area contributed by atoms with E-state index in [1.807, 2.05) is 0 Å². The zero-order valence-corrected chi connectivity index (χ0v) is 10.6. The summed E-state index contributed by atoms with van der Waals surface area (Å²) in [7, 11) is 1.66. The number of nitrogen functional groups attached to an aromatic ring is 1.